The maximum Gasteiger partial charge on any atom is 0.270 e. The highest BCUT2D eigenvalue weighted by atomic mass is 16.6. The van der Waals surface area contributed by atoms with Gasteiger partial charge in [-0.15, -0.1) is 0 Å². The van der Waals surface area contributed by atoms with Gasteiger partial charge in [0.25, 0.3) is 5.69 Å². The minimum Gasteiger partial charge on any atom is -0.493 e. The zero-order valence-corrected chi connectivity index (χ0v) is 15.4. The number of nitrogens with one attached hydrogen (secondary N) is 1. The number of methoxy groups -OCH3 is 2. The Morgan fingerprint density at radius 1 is 1.11 bits per heavy atom. The molecule has 0 aliphatic carbocycles. The Hall–Kier alpha value is -3.81. The average Bonchev–Trinajstić information content (AvgIpc) is 3.20. The molecule has 0 radical (unpaired) electrons. The van der Waals surface area contributed by atoms with E-state index in [-0.39, 0.29) is 5.69 Å². The topological polar surface area (TPSA) is 99.1 Å². The molecule has 1 heterocycles. The normalized spacial score (nSPS) is 10.8. The summed E-state index contributed by atoms with van der Waals surface area (Å²) in [6.45, 7) is 0.495. The minimum absolute atomic E-state index is 0.0145. The van der Waals surface area contributed by atoms with Gasteiger partial charge in [0.1, 0.15) is 11.5 Å². The van der Waals surface area contributed by atoms with Crippen molar-refractivity contribution in [2.75, 3.05) is 14.2 Å². The van der Waals surface area contributed by atoms with Crippen molar-refractivity contribution in [3.8, 4) is 22.8 Å². The quantitative estimate of drug-likeness (QED) is 0.360. The number of non-ortho nitro benzene ring substituents is 1. The van der Waals surface area contributed by atoms with Gasteiger partial charge in [0.15, 0.2) is 11.5 Å². The standard InChI is InChI=1S/C20H19N3O5/c1-26-19-8-6-14(10-20(19)27-2)12-21-22-13-17-7-9-18(28-17)15-4-3-5-16(11-15)23(24)25/h3-11,13,21H,12H2,1-2H3/b22-13+. The van der Waals surface area contributed by atoms with E-state index in [0.29, 0.717) is 35.1 Å². The summed E-state index contributed by atoms with van der Waals surface area (Å²) in [5, 5.41) is 15.0. The zero-order valence-electron chi connectivity index (χ0n) is 15.4. The number of hydrazone groups is 1. The van der Waals surface area contributed by atoms with Crippen LogP contribution in [0.25, 0.3) is 11.3 Å². The molecular formula is C20H19N3O5. The fourth-order valence-corrected chi connectivity index (χ4v) is 2.59. The second-order valence-electron chi connectivity index (χ2n) is 5.79. The summed E-state index contributed by atoms with van der Waals surface area (Å²) in [6, 6.07) is 15.4. The predicted molar refractivity (Wildman–Crippen MR) is 105 cm³/mol. The van der Waals surface area contributed by atoms with Crippen molar-refractivity contribution in [3.63, 3.8) is 0 Å². The number of ether oxygens (including phenoxy) is 2. The van der Waals surface area contributed by atoms with E-state index < -0.39 is 4.92 Å². The van der Waals surface area contributed by atoms with Gasteiger partial charge in [-0.2, -0.15) is 5.10 Å². The Labute approximate surface area is 161 Å². The van der Waals surface area contributed by atoms with Gasteiger partial charge in [0.2, 0.25) is 0 Å². The lowest BCUT2D eigenvalue weighted by atomic mass is 10.1. The summed E-state index contributed by atoms with van der Waals surface area (Å²) in [6.07, 6.45) is 1.54. The summed E-state index contributed by atoms with van der Waals surface area (Å²) in [4.78, 5) is 10.5. The monoisotopic (exact) mass is 381 g/mol. The molecule has 2 aromatic carbocycles. The maximum absolute atomic E-state index is 10.9. The second-order valence-corrected chi connectivity index (χ2v) is 5.79. The Morgan fingerprint density at radius 2 is 1.93 bits per heavy atom. The second kappa shape index (κ2) is 8.72. The smallest absolute Gasteiger partial charge is 0.270 e. The van der Waals surface area contributed by atoms with E-state index >= 15 is 0 Å². The molecule has 3 rings (SSSR count). The highest BCUT2D eigenvalue weighted by Crippen LogP contribution is 2.27. The molecule has 8 nitrogen and oxygen atoms in total. The maximum atomic E-state index is 10.9. The Kier molecular flexibility index (Phi) is 5.91. The molecule has 0 atom stereocenters. The van der Waals surface area contributed by atoms with Crippen LogP contribution in [-0.4, -0.2) is 25.4 Å². The number of nitrogens with zero attached hydrogens (tertiary/aromatic N) is 2. The van der Waals surface area contributed by atoms with Gasteiger partial charge in [0.05, 0.1) is 31.9 Å². The van der Waals surface area contributed by atoms with Crippen molar-refractivity contribution in [1.29, 1.82) is 0 Å². The van der Waals surface area contributed by atoms with Crippen molar-refractivity contribution in [3.05, 3.63) is 76.0 Å². The lowest BCUT2D eigenvalue weighted by molar-refractivity contribution is -0.384. The van der Waals surface area contributed by atoms with Crippen LogP contribution in [0, 0.1) is 10.1 Å². The number of hydrogen-bond acceptors (Lipinski definition) is 7. The molecule has 0 saturated carbocycles. The molecule has 1 N–H and O–H groups in total. The van der Waals surface area contributed by atoms with Crippen LogP contribution in [0.2, 0.25) is 0 Å². The van der Waals surface area contributed by atoms with Crippen LogP contribution in [0.4, 0.5) is 5.69 Å². The van der Waals surface area contributed by atoms with E-state index in [2.05, 4.69) is 10.5 Å². The van der Waals surface area contributed by atoms with Crippen LogP contribution in [-0.2, 0) is 6.54 Å². The molecule has 0 spiro atoms. The number of rotatable bonds is 8. The average molecular weight is 381 g/mol. The summed E-state index contributed by atoms with van der Waals surface area (Å²) in [5.41, 5.74) is 4.56. The fraction of sp³-hybridized carbons (Fsp3) is 0.150. The van der Waals surface area contributed by atoms with Crippen molar-refractivity contribution in [1.82, 2.24) is 5.43 Å². The first-order valence-corrected chi connectivity index (χ1v) is 8.42. The summed E-state index contributed by atoms with van der Waals surface area (Å²) < 4.78 is 16.2. The highest BCUT2D eigenvalue weighted by molar-refractivity contribution is 5.77. The third-order valence-corrected chi connectivity index (χ3v) is 3.98. The largest absolute Gasteiger partial charge is 0.493 e. The van der Waals surface area contributed by atoms with E-state index in [1.807, 2.05) is 18.2 Å². The number of nitro groups is 1. The SMILES string of the molecule is COc1ccc(CN/N=C/c2ccc(-c3cccc([N+](=O)[O-])c3)o2)cc1OC. The van der Waals surface area contributed by atoms with Crippen molar-refractivity contribution in [2.45, 2.75) is 6.54 Å². The first-order valence-electron chi connectivity index (χ1n) is 8.42. The van der Waals surface area contributed by atoms with Gasteiger partial charge in [0, 0.05) is 17.7 Å². The molecule has 3 aromatic rings. The van der Waals surface area contributed by atoms with Gasteiger partial charge in [-0.1, -0.05) is 18.2 Å². The molecule has 0 aliphatic heterocycles. The Bertz CT molecular complexity index is 997. The van der Waals surface area contributed by atoms with Gasteiger partial charge in [-0.25, -0.2) is 0 Å². The van der Waals surface area contributed by atoms with Crippen LogP contribution >= 0.6 is 0 Å². The number of benzene rings is 2. The van der Waals surface area contributed by atoms with E-state index in [1.54, 1.807) is 44.7 Å². The molecular weight excluding hydrogens is 362 g/mol. The van der Waals surface area contributed by atoms with Gasteiger partial charge < -0.3 is 19.3 Å². The first-order chi connectivity index (χ1) is 13.6. The molecule has 144 valence electrons. The van der Waals surface area contributed by atoms with E-state index in [0.717, 1.165) is 5.56 Å². The third-order valence-electron chi connectivity index (χ3n) is 3.98. The van der Waals surface area contributed by atoms with Crippen LogP contribution in [0.3, 0.4) is 0 Å². The molecule has 0 bridgehead atoms. The van der Waals surface area contributed by atoms with Crippen molar-refractivity contribution < 1.29 is 18.8 Å². The summed E-state index contributed by atoms with van der Waals surface area (Å²) in [5.74, 6) is 2.38. The molecule has 0 aliphatic rings. The Balaban J connectivity index is 1.62. The fourth-order valence-electron chi connectivity index (χ4n) is 2.59. The van der Waals surface area contributed by atoms with Crippen molar-refractivity contribution in [2.24, 2.45) is 5.10 Å². The summed E-state index contributed by atoms with van der Waals surface area (Å²) >= 11 is 0. The molecule has 0 amide bonds. The van der Waals surface area contributed by atoms with Crippen LogP contribution < -0.4 is 14.9 Å². The molecule has 8 heteroatoms. The van der Waals surface area contributed by atoms with Crippen molar-refractivity contribution >= 4 is 11.9 Å². The summed E-state index contributed by atoms with van der Waals surface area (Å²) in [7, 11) is 3.17. The molecule has 0 fully saturated rings. The van der Waals surface area contributed by atoms with E-state index in [1.165, 1.54) is 12.1 Å². The molecule has 1 aromatic heterocycles. The lowest BCUT2D eigenvalue weighted by Gasteiger charge is -2.09. The molecule has 0 unspecified atom stereocenters. The first kappa shape index (κ1) is 19.0. The van der Waals surface area contributed by atoms with Crippen LogP contribution in [0.1, 0.15) is 11.3 Å². The van der Waals surface area contributed by atoms with Gasteiger partial charge >= 0.3 is 0 Å². The molecule has 0 saturated heterocycles. The van der Waals surface area contributed by atoms with E-state index in [9.17, 15) is 10.1 Å². The van der Waals surface area contributed by atoms with Crippen LogP contribution in [0.5, 0.6) is 11.5 Å². The number of furan rings is 1. The zero-order chi connectivity index (χ0) is 19.9. The predicted octanol–water partition coefficient (Wildman–Crippen LogP) is 4.00. The number of hydrogen-bond donors (Lipinski definition) is 1. The Morgan fingerprint density at radius 3 is 2.68 bits per heavy atom. The highest BCUT2D eigenvalue weighted by Gasteiger charge is 2.09. The van der Waals surface area contributed by atoms with E-state index in [4.69, 9.17) is 13.9 Å². The van der Waals surface area contributed by atoms with Gasteiger partial charge in [-0.3, -0.25) is 10.1 Å². The third kappa shape index (κ3) is 4.47. The van der Waals surface area contributed by atoms with Crippen LogP contribution in [0.15, 0.2) is 64.1 Å². The molecule has 28 heavy (non-hydrogen) atoms. The minimum atomic E-state index is -0.438. The van der Waals surface area contributed by atoms with Gasteiger partial charge in [-0.05, 0) is 29.8 Å². The number of nitro benzene ring substituents is 1. The lowest BCUT2D eigenvalue weighted by Crippen LogP contribution is -2.05.